The van der Waals surface area contributed by atoms with Gasteiger partial charge in [0.05, 0.1) is 11.5 Å². The van der Waals surface area contributed by atoms with Gasteiger partial charge in [-0.2, -0.15) is 0 Å². The number of halogens is 1. The van der Waals surface area contributed by atoms with Crippen LogP contribution < -0.4 is 4.74 Å². The summed E-state index contributed by atoms with van der Waals surface area (Å²) in [4.78, 5) is 13.9. The molecule has 1 aliphatic rings. The number of allylic oxidation sites excluding steroid dienone is 1. The molecule has 0 spiro atoms. The first kappa shape index (κ1) is 21.1. The molecule has 31 heavy (non-hydrogen) atoms. The minimum atomic E-state index is -0.323. The van der Waals surface area contributed by atoms with Crippen molar-refractivity contribution in [3.63, 3.8) is 0 Å². The van der Waals surface area contributed by atoms with Crippen LogP contribution in [0.4, 0.5) is 4.39 Å². The molecule has 0 bridgehead atoms. The maximum atomic E-state index is 13.4. The number of phenols is 1. The normalized spacial score (nSPS) is 16.0. The largest absolute Gasteiger partial charge is 0.504 e. The van der Waals surface area contributed by atoms with Gasteiger partial charge in [-0.25, -0.2) is 4.39 Å². The molecule has 0 aliphatic carbocycles. The van der Waals surface area contributed by atoms with Crippen molar-refractivity contribution >= 4 is 16.8 Å². The molecule has 3 aromatic rings. The van der Waals surface area contributed by atoms with Crippen molar-refractivity contribution < 1.29 is 23.6 Å². The second kappa shape index (κ2) is 8.89. The van der Waals surface area contributed by atoms with E-state index in [4.69, 9.17) is 9.26 Å². The number of aromatic hydroxyl groups is 1. The zero-order chi connectivity index (χ0) is 22.0. The average molecular weight is 424 g/mol. The Bertz CT molecular complexity index is 1130. The number of fused-ring (bicyclic) bond motifs is 1. The second-order valence-corrected chi connectivity index (χ2v) is 7.94. The molecule has 7 heteroatoms. The number of phenolic OH excluding ortho intramolecular Hbond substituents is 1. The van der Waals surface area contributed by atoms with Crippen molar-refractivity contribution in [2.24, 2.45) is 0 Å². The highest BCUT2D eigenvalue weighted by atomic mass is 19.1. The summed E-state index contributed by atoms with van der Waals surface area (Å²) in [7, 11) is 0. The number of carbonyl (C=O) groups is 1. The summed E-state index contributed by atoms with van der Waals surface area (Å²) in [5.41, 5.74) is 1.89. The Balaban J connectivity index is 1.34. The standard InChI is InChI=1S/C24H25FN2O4/c1-15(30-23-13-18(16(2)28)3-6-21(23)29)7-10-27-11-8-17(9-12-27)24-20-5-4-19(25)14-22(20)31-26-24/h3-7,13-14,17,29H,8-12H2,1-2H3. The van der Waals surface area contributed by atoms with Gasteiger partial charge in [0.25, 0.3) is 0 Å². The number of ether oxygens (including phenoxy) is 1. The Morgan fingerprint density at radius 2 is 2.03 bits per heavy atom. The van der Waals surface area contributed by atoms with Crippen LogP contribution in [0.25, 0.3) is 11.0 Å². The molecule has 6 nitrogen and oxygen atoms in total. The summed E-state index contributed by atoms with van der Waals surface area (Å²) in [6, 6.07) is 9.14. The van der Waals surface area contributed by atoms with Gasteiger partial charge < -0.3 is 14.4 Å². The lowest BCUT2D eigenvalue weighted by Crippen LogP contribution is -2.33. The molecule has 2 aromatic carbocycles. The van der Waals surface area contributed by atoms with Crippen LogP contribution in [0.1, 0.15) is 48.7 Å². The van der Waals surface area contributed by atoms with Crippen LogP contribution in [-0.4, -0.2) is 40.6 Å². The van der Waals surface area contributed by atoms with Gasteiger partial charge in [0, 0.05) is 29.5 Å². The fourth-order valence-electron chi connectivity index (χ4n) is 3.90. The molecule has 0 radical (unpaired) electrons. The molecule has 0 unspecified atom stereocenters. The minimum Gasteiger partial charge on any atom is -0.504 e. The van der Waals surface area contributed by atoms with E-state index in [-0.39, 0.29) is 29.0 Å². The third-order valence-corrected chi connectivity index (χ3v) is 5.71. The van der Waals surface area contributed by atoms with Gasteiger partial charge in [-0.05, 0) is 76.2 Å². The number of hydrogen-bond donors (Lipinski definition) is 1. The van der Waals surface area contributed by atoms with E-state index in [1.165, 1.54) is 25.1 Å². The van der Waals surface area contributed by atoms with Gasteiger partial charge >= 0.3 is 0 Å². The van der Waals surface area contributed by atoms with Crippen molar-refractivity contribution in [3.05, 3.63) is 65.3 Å². The van der Waals surface area contributed by atoms with Crippen LogP contribution in [0, 0.1) is 5.82 Å². The fourth-order valence-corrected chi connectivity index (χ4v) is 3.90. The SMILES string of the molecule is CC(=O)c1ccc(O)c(OC(C)=CCN2CCC(c3noc4cc(F)ccc34)CC2)c1. The van der Waals surface area contributed by atoms with E-state index in [1.54, 1.807) is 18.2 Å². The zero-order valence-electron chi connectivity index (χ0n) is 17.6. The van der Waals surface area contributed by atoms with Crippen LogP contribution in [-0.2, 0) is 0 Å². The summed E-state index contributed by atoms with van der Waals surface area (Å²) in [5.74, 6) is 0.807. The van der Waals surface area contributed by atoms with Crippen LogP contribution in [0.3, 0.4) is 0 Å². The smallest absolute Gasteiger partial charge is 0.170 e. The minimum absolute atomic E-state index is 0.00159. The molecule has 0 saturated carbocycles. The van der Waals surface area contributed by atoms with Crippen LogP contribution in [0.15, 0.2) is 52.8 Å². The summed E-state index contributed by atoms with van der Waals surface area (Å²) in [6.45, 7) is 5.82. The molecule has 1 aliphatic heterocycles. The average Bonchev–Trinajstić information content (AvgIpc) is 3.17. The summed E-state index contributed by atoms with van der Waals surface area (Å²) in [6.07, 6.45) is 3.84. The number of nitrogens with zero attached hydrogens (tertiary/aromatic N) is 2. The van der Waals surface area contributed by atoms with E-state index in [0.29, 0.717) is 16.9 Å². The molecule has 1 saturated heterocycles. The van der Waals surface area contributed by atoms with Crippen molar-refractivity contribution in [1.29, 1.82) is 0 Å². The number of Topliss-reactive ketones (excluding diaryl/α,β-unsaturated/α-hetero) is 1. The molecule has 0 atom stereocenters. The van der Waals surface area contributed by atoms with Gasteiger partial charge in [0.2, 0.25) is 0 Å². The van der Waals surface area contributed by atoms with Crippen molar-refractivity contribution in [2.45, 2.75) is 32.6 Å². The first-order valence-electron chi connectivity index (χ1n) is 10.4. The molecule has 0 amide bonds. The highest BCUT2D eigenvalue weighted by Crippen LogP contribution is 2.33. The maximum Gasteiger partial charge on any atom is 0.170 e. The maximum absolute atomic E-state index is 13.4. The van der Waals surface area contributed by atoms with E-state index < -0.39 is 0 Å². The number of benzene rings is 2. The van der Waals surface area contributed by atoms with Crippen LogP contribution in [0.5, 0.6) is 11.5 Å². The lowest BCUT2D eigenvalue weighted by molar-refractivity contribution is 0.101. The Morgan fingerprint density at radius 3 is 2.77 bits per heavy atom. The van der Waals surface area contributed by atoms with Crippen molar-refractivity contribution in [2.75, 3.05) is 19.6 Å². The summed E-state index contributed by atoms with van der Waals surface area (Å²) < 4.78 is 24.4. The van der Waals surface area contributed by atoms with E-state index >= 15 is 0 Å². The van der Waals surface area contributed by atoms with Crippen LogP contribution >= 0.6 is 0 Å². The molecule has 162 valence electrons. The van der Waals surface area contributed by atoms with Gasteiger partial charge in [-0.3, -0.25) is 9.69 Å². The molecular formula is C24H25FN2O4. The number of carbonyl (C=O) groups excluding carboxylic acids is 1. The predicted octanol–water partition coefficient (Wildman–Crippen LogP) is 5.04. The molecular weight excluding hydrogens is 399 g/mol. The third kappa shape index (κ3) is 4.77. The lowest BCUT2D eigenvalue weighted by Gasteiger charge is -2.30. The van der Waals surface area contributed by atoms with Gasteiger partial charge in [0.1, 0.15) is 5.82 Å². The molecule has 4 rings (SSSR count). The number of aromatic nitrogens is 1. The van der Waals surface area contributed by atoms with E-state index in [0.717, 1.165) is 43.6 Å². The summed E-state index contributed by atoms with van der Waals surface area (Å²) >= 11 is 0. The van der Waals surface area contributed by atoms with E-state index in [1.807, 2.05) is 13.0 Å². The predicted molar refractivity (Wildman–Crippen MR) is 115 cm³/mol. The van der Waals surface area contributed by atoms with E-state index in [9.17, 15) is 14.3 Å². The molecule has 1 fully saturated rings. The number of rotatable bonds is 6. The van der Waals surface area contributed by atoms with Gasteiger partial charge in [-0.1, -0.05) is 5.16 Å². The number of likely N-dealkylation sites (tertiary alicyclic amines) is 1. The van der Waals surface area contributed by atoms with E-state index in [2.05, 4.69) is 10.1 Å². The topological polar surface area (TPSA) is 75.8 Å². The molecule has 1 N–H and O–H groups in total. The first-order valence-corrected chi connectivity index (χ1v) is 10.4. The summed E-state index contributed by atoms with van der Waals surface area (Å²) in [5, 5.41) is 15.1. The third-order valence-electron chi connectivity index (χ3n) is 5.71. The molecule has 2 heterocycles. The highest BCUT2D eigenvalue weighted by molar-refractivity contribution is 5.94. The van der Waals surface area contributed by atoms with Gasteiger partial charge in [0.15, 0.2) is 22.9 Å². The highest BCUT2D eigenvalue weighted by Gasteiger charge is 2.24. The Hall–Kier alpha value is -3.19. The van der Waals surface area contributed by atoms with Crippen molar-refractivity contribution in [3.8, 4) is 11.5 Å². The number of hydrogen-bond acceptors (Lipinski definition) is 6. The Labute approximate surface area is 179 Å². The van der Waals surface area contributed by atoms with Crippen LogP contribution in [0.2, 0.25) is 0 Å². The Morgan fingerprint density at radius 1 is 1.26 bits per heavy atom. The lowest BCUT2D eigenvalue weighted by atomic mass is 9.91. The van der Waals surface area contributed by atoms with Gasteiger partial charge in [-0.15, -0.1) is 0 Å². The second-order valence-electron chi connectivity index (χ2n) is 7.94. The number of ketones is 1. The molecule has 1 aromatic heterocycles. The quantitative estimate of drug-likeness (QED) is 0.441. The monoisotopic (exact) mass is 424 g/mol. The first-order chi connectivity index (χ1) is 14.9. The Kier molecular flexibility index (Phi) is 6.04. The zero-order valence-corrected chi connectivity index (χ0v) is 17.6. The fraction of sp³-hybridized carbons (Fsp3) is 0.333. The van der Waals surface area contributed by atoms with Crippen molar-refractivity contribution in [1.82, 2.24) is 10.1 Å². The number of piperidine rings is 1.